The third-order valence-corrected chi connectivity index (χ3v) is 3.95. The summed E-state index contributed by atoms with van der Waals surface area (Å²) in [4.78, 5) is 4.43. The zero-order valence-electron chi connectivity index (χ0n) is 13.1. The minimum Gasteiger partial charge on any atom is -0.487 e. The van der Waals surface area contributed by atoms with Crippen LogP contribution in [0.1, 0.15) is 49.2 Å². The molecule has 0 bridgehead atoms. The maximum atomic E-state index is 6.05. The Hall–Kier alpha value is -1.81. The van der Waals surface area contributed by atoms with Crippen molar-refractivity contribution < 1.29 is 9.15 Å². The molecule has 21 heavy (non-hydrogen) atoms. The number of hydrogen-bond donors (Lipinski definition) is 1. The Balaban J connectivity index is 1.78. The first kappa shape index (κ1) is 14.1. The first-order valence-corrected chi connectivity index (χ1v) is 7.39. The smallest absolute Gasteiger partial charge is 0.208 e. The summed E-state index contributed by atoms with van der Waals surface area (Å²) in [6.07, 6.45) is 0.919. The standard InChI is InChI=1S/C17H22N2O2/c1-11-12(2)20-16(19-11)10-18-14-9-17(3,4)21-15-8-6-5-7-13(14)15/h5-8,14,18H,9-10H2,1-4H3. The molecule has 4 heteroatoms. The molecular formula is C17H22N2O2. The van der Waals surface area contributed by atoms with Gasteiger partial charge in [0.05, 0.1) is 12.2 Å². The molecule has 2 heterocycles. The van der Waals surface area contributed by atoms with Crippen molar-refractivity contribution in [2.75, 3.05) is 0 Å². The van der Waals surface area contributed by atoms with Gasteiger partial charge < -0.3 is 14.5 Å². The molecule has 1 N–H and O–H groups in total. The van der Waals surface area contributed by atoms with E-state index in [9.17, 15) is 0 Å². The Morgan fingerprint density at radius 3 is 2.76 bits per heavy atom. The molecule has 1 atom stereocenters. The number of aromatic nitrogens is 1. The first-order valence-electron chi connectivity index (χ1n) is 7.39. The van der Waals surface area contributed by atoms with Gasteiger partial charge in [0.2, 0.25) is 5.89 Å². The van der Waals surface area contributed by atoms with Crippen LogP contribution in [0.5, 0.6) is 5.75 Å². The van der Waals surface area contributed by atoms with Gasteiger partial charge in [-0.3, -0.25) is 0 Å². The van der Waals surface area contributed by atoms with Gasteiger partial charge in [0.1, 0.15) is 17.1 Å². The Kier molecular flexibility index (Phi) is 3.49. The van der Waals surface area contributed by atoms with Gasteiger partial charge in [-0.25, -0.2) is 4.98 Å². The van der Waals surface area contributed by atoms with Gasteiger partial charge in [-0.1, -0.05) is 18.2 Å². The summed E-state index contributed by atoms with van der Waals surface area (Å²) in [5.41, 5.74) is 1.99. The molecular weight excluding hydrogens is 264 g/mol. The predicted molar refractivity (Wildman–Crippen MR) is 81.3 cm³/mol. The lowest BCUT2D eigenvalue weighted by Crippen LogP contribution is -2.39. The molecule has 3 rings (SSSR count). The third-order valence-electron chi connectivity index (χ3n) is 3.95. The second kappa shape index (κ2) is 5.19. The monoisotopic (exact) mass is 286 g/mol. The molecule has 1 aromatic carbocycles. The van der Waals surface area contributed by atoms with Crippen molar-refractivity contribution in [3.05, 3.63) is 47.2 Å². The number of rotatable bonds is 3. The maximum absolute atomic E-state index is 6.05. The number of nitrogens with zero attached hydrogens (tertiary/aromatic N) is 1. The predicted octanol–water partition coefficient (Wildman–Crippen LogP) is 3.68. The first-order chi connectivity index (χ1) is 9.94. The van der Waals surface area contributed by atoms with Gasteiger partial charge in [-0.05, 0) is 33.8 Å². The number of benzene rings is 1. The fourth-order valence-electron chi connectivity index (χ4n) is 2.81. The van der Waals surface area contributed by atoms with Crippen LogP contribution < -0.4 is 10.1 Å². The average Bonchev–Trinajstić information content (AvgIpc) is 2.74. The zero-order chi connectivity index (χ0) is 15.0. The fraction of sp³-hybridized carbons (Fsp3) is 0.471. The highest BCUT2D eigenvalue weighted by Gasteiger charge is 2.33. The van der Waals surface area contributed by atoms with Crippen molar-refractivity contribution in [1.29, 1.82) is 0 Å². The van der Waals surface area contributed by atoms with E-state index in [1.54, 1.807) is 0 Å². The molecule has 1 aliphatic rings. The summed E-state index contributed by atoms with van der Waals surface area (Å²) < 4.78 is 11.7. The van der Waals surface area contributed by atoms with Gasteiger partial charge in [-0.2, -0.15) is 0 Å². The molecule has 0 radical (unpaired) electrons. The van der Waals surface area contributed by atoms with Crippen LogP contribution in [0.3, 0.4) is 0 Å². The highest BCUT2D eigenvalue weighted by atomic mass is 16.5. The van der Waals surface area contributed by atoms with Crippen LogP contribution in [0.2, 0.25) is 0 Å². The number of oxazole rings is 1. The fourth-order valence-corrected chi connectivity index (χ4v) is 2.81. The highest BCUT2D eigenvalue weighted by molar-refractivity contribution is 5.38. The van der Waals surface area contributed by atoms with E-state index in [-0.39, 0.29) is 11.6 Å². The summed E-state index contributed by atoms with van der Waals surface area (Å²) >= 11 is 0. The van der Waals surface area contributed by atoms with Crippen LogP contribution in [-0.2, 0) is 6.54 Å². The Bertz CT molecular complexity index is 626. The topological polar surface area (TPSA) is 47.3 Å². The molecule has 0 fully saturated rings. The largest absolute Gasteiger partial charge is 0.487 e. The van der Waals surface area contributed by atoms with E-state index in [1.165, 1.54) is 5.56 Å². The van der Waals surface area contributed by atoms with Crippen molar-refractivity contribution in [2.24, 2.45) is 0 Å². The zero-order valence-corrected chi connectivity index (χ0v) is 13.1. The van der Waals surface area contributed by atoms with Gasteiger partial charge in [0, 0.05) is 18.0 Å². The second-order valence-electron chi connectivity index (χ2n) is 6.29. The van der Waals surface area contributed by atoms with Crippen molar-refractivity contribution in [1.82, 2.24) is 10.3 Å². The van der Waals surface area contributed by atoms with Gasteiger partial charge in [0.15, 0.2) is 0 Å². The van der Waals surface area contributed by atoms with E-state index < -0.39 is 0 Å². The Morgan fingerprint density at radius 1 is 1.29 bits per heavy atom. The summed E-state index contributed by atoms with van der Waals surface area (Å²) in [5, 5.41) is 3.55. The molecule has 2 aromatic rings. The van der Waals surface area contributed by atoms with Crippen LogP contribution >= 0.6 is 0 Å². The highest BCUT2D eigenvalue weighted by Crippen LogP contribution is 2.39. The molecule has 0 saturated carbocycles. The average molecular weight is 286 g/mol. The Labute approximate surface area is 125 Å². The number of ether oxygens (including phenoxy) is 1. The van der Waals surface area contributed by atoms with E-state index in [2.05, 4.69) is 36.3 Å². The number of fused-ring (bicyclic) bond motifs is 1. The van der Waals surface area contributed by atoms with Crippen LogP contribution in [0.25, 0.3) is 0 Å². The van der Waals surface area contributed by atoms with Crippen molar-refractivity contribution in [3.63, 3.8) is 0 Å². The molecule has 112 valence electrons. The Morgan fingerprint density at radius 2 is 2.05 bits per heavy atom. The van der Waals surface area contributed by atoms with Crippen LogP contribution in [0.15, 0.2) is 28.7 Å². The molecule has 4 nitrogen and oxygen atoms in total. The van der Waals surface area contributed by atoms with Gasteiger partial charge in [-0.15, -0.1) is 0 Å². The SMILES string of the molecule is Cc1nc(CNC2CC(C)(C)Oc3ccccc32)oc1C. The quantitative estimate of drug-likeness (QED) is 0.935. The molecule has 0 amide bonds. The number of hydrogen-bond acceptors (Lipinski definition) is 4. The lowest BCUT2D eigenvalue weighted by molar-refractivity contribution is 0.0652. The minimum atomic E-state index is -0.172. The summed E-state index contributed by atoms with van der Waals surface area (Å²) in [6.45, 7) is 8.78. The van der Waals surface area contributed by atoms with Gasteiger partial charge >= 0.3 is 0 Å². The molecule has 0 saturated heterocycles. The minimum absolute atomic E-state index is 0.172. The van der Waals surface area contributed by atoms with E-state index in [4.69, 9.17) is 9.15 Å². The second-order valence-corrected chi connectivity index (χ2v) is 6.29. The molecule has 0 aliphatic carbocycles. The normalized spacial score (nSPS) is 19.9. The number of para-hydroxylation sites is 1. The lowest BCUT2D eigenvalue weighted by Gasteiger charge is -2.37. The van der Waals surface area contributed by atoms with E-state index >= 15 is 0 Å². The van der Waals surface area contributed by atoms with E-state index in [0.29, 0.717) is 6.54 Å². The van der Waals surface area contributed by atoms with Crippen molar-refractivity contribution in [3.8, 4) is 5.75 Å². The number of nitrogens with one attached hydrogen (secondary N) is 1. The number of aryl methyl sites for hydroxylation is 2. The van der Waals surface area contributed by atoms with E-state index in [1.807, 2.05) is 26.0 Å². The molecule has 0 spiro atoms. The van der Waals surface area contributed by atoms with Crippen molar-refractivity contribution in [2.45, 2.75) is 52.3 Å². The van der Waals surface area contributed by atoms with Crippen LogP contribution in [0, 0.1) is 13.8 Å². The van der Waals surface area contributed by atoms with Crippen LogP contribution in [-0.4, -0.2) is 10.6 Å². The van der Waals surface area contributed by atoms with Crippen molar-refractivity contribution >= 4 is 0 Å². The summed E-state index contributed by atoms with van der Waals surface area (Å²) in [6, 6.07) is 8.46. The van der Waals surface area contributed by atoms with Crippen LogP contribution in [0.4, 0.5) is 0 Å². The lowest BCUT2D eigenvalue weighted by atomic mass is 9.90. The van der Waals surface area contributed by atoms with E-state index in [0.717, 1.165) is 29.5 Å². The molecule has 1 aromatic heterocycles. The molecule has 1 aliphatic heterocycles. The maximum Gasteiger partial charge on any atom is 0.208 e. The van der Waals surface area contributed by atoms with Gasteiger partial charge in [0.25, 0.3) is 0 Å². The summed E-state index contributed by atoms with van der Waals surface area (Å²) in [5.74, 6) is 2.59. The molecule has 1 unspecified atom stereocenters. The third kappa shape index (κ3) is 2.95. The summed E-state index contributed by atoms with van der Waals surface area (Å²) in [7, 11) is 0.